The zero-order valence-corrected chi connectivity index (χ0v) is 10.9. The van der Waals surface area contributed by atoms with Crippen LogP contribution in [-0.4, -0.2) is 18.1 Å². The molecule has 5 heteroatoms. The van der Waals surface area contributed by atoms with Gasteiger partial charge in [-0.25, -0.2) is 4.39 Å². The second-order valence-electron chi connectivity index (χ2n) is 4.24. The van der Waals surface area contributed by atoms with Gasteiger partial charge in [0, 0.05) is 6.07 Å². The van der Waals surface area contributed by atoms with E-state index in [2.05, 4.69) is 5.32 Å². The van der Waals surface area contributed by atoms with E-state index in [9.17, 15) is 14.3 Å². The molecule has 20 heavy (non-hydrogen) atoms. The van der Waals surface area contributed by atoms with Crippen LogP contribution in [-0.2, 0) is 11.2 Å². The van der Waals surface area contributed by atoms with Gasteiger partial charge in [0.1, 0.15) is 17.3 Å². The first kappa shape index (κ1) is 13.9. The molecule has 0 aliphatic heterocycles. The average Bonchev–Trinajstić information content (AvgIpc) is 2.41. The molecule has 2 aromatic carbocycles. The molecule has 1 amide bonds. The van der Waals surface area contributed by atoms with Gasteiger partial charge in [-0.3, -0.25) is 4.79 Å². The highest BCUT2D eigenvalue weighted by Gasteiger charge is 2.09. The number of nitrogens with one attached hydrogen (secondary N) is 1. The molecule has 0 bridgehead atoms. The second kappa shape index (κ2) is 6.06. The summed E-state index contributed by atoms with van der Waals surface area (Å²) in [6.45, 7) is 0. The van der Waals surface area contributed by atoms with Gasteiger partial charge in [-0.15, -0.1) is 0 Å². The van der Waals surface area contributed by atoms with E-state index in [-0.39, 0.29) is 23.8 Å². The summed E-state index contributed by atoms with van der Waals surface area (Å²) in [6.07, 6.45) is 0.0467. The van der Waals surface area contributed by atoms with Crippen LogP contribution in [0, 0.1) is 5.82 Å². The maximum atomic E-state index is 13.6. The van der Waals surface area contributed by atoms with Crippen LogP contribution < -0.4 is 10.1 Å². The summed E-state index contributed by atoms with van der Waals surface area (Å²) < 4.78 is 18.5. The Kier molecular flexibility index (Phi) is 4.20. The van der Waals surface area contributed by atoms with E-state index in [0.717, 1.165) is 0 Å². The Morgan fingerprint density at radius 2 is 2.10 bits per heavy atom. The van der Waals surface area contributed by atoms with Crippen molar-refractivity contribution in [3.63, 3.8) is 0 Å². The molecule has 0 saturated carbocycles. The van der Waals surface area contributed by atoms with Crippen LogP contribution in [0.5, 0.6) is 11.5 Å². The smallest absolute Gasteiger partial charge is 0.228 e. The minimum atomic E-state index is -0.532. The summed E-state index contributed by atoms with van der Waals surface area (Å²) in [5, 5.41) is 11.8. The van der Waals surface area contributed by atoms with Crippen LogP contribution in [0.25, 0.3) is 0 Å². The Labute approximate surface area is 115 Å². The molecule has 0 aromatic heterocycles. The van der Waals surface area contributed by atoms with Gasteiger partial charge in [0.15, 0.2) is 0 Å². The zero-order valence-electron chi connectivity index (χ0n) is 10.9. The number of halogens is 1. The summed E-state index contributed by atoms with van der Waals surface area (Å²) in [5.74, 6) is -0.361. The third kappa shape index (κ3) is 3.47. The minimum Gasteiger partial charge on any atom is -0.508 e. The number of carbonyl (C=O) groups excluding carboxylic acids is 1. The predicted octanol–water partition coefficient (Wildman–Crippen LogP) is 2.72. The fourth-order valence-corrected chi connectivity index (χ4v) is 1.77. The van der Waals surface area contributed by atoms with Crippen molar-refractivity contribution in [3.05, 3.63) is 53.8 Å². The molecule has 0 heterocycles. The van der Waals surface area contributed by atoms with E-state index in [4.69, 9.17) is 4.74 Å². The van der Waals surface area contributed by atoms with E-state index in [1.165, 1.54) is 37.4 Å². The quantitative estimate of drug-likeness (QED) is 0.902. The summed E-state index contributed by atoms with van der Waals surface area (Å²) in [4.78, 5) is 11.8. The number of amides is 1. The van der Waals surface area contributed by atoms with Crippen LogP contribution in [0.4, 0.5) is 10.1 Å². The lowest BCUT2D eigenvalue weighted by atomic mass is 10.1. The number of hydrogen-bond donors (Lipinski definition) is 2. The van der Waals surface area contributed by atoms with Gasteiger partial charge >= 0.3 is 0 Å². The first-order valence-electron chi connectivity index (χ1n) is 6.00. The lowest BCUT2D eigenvalue weighted by molar-refractivity contribution is -0.115. The number of carbonyl (C=O) groups is 1. The molecule has 0 aliphatic carbocycles. The molecule has 0 fully saturated rings. The van der Waals surface area contributed by atoms with E-state index in [1.807, 2.05) is 0 Å². The van der Waals surface area contributed by atoms with Gasteiger partial charge in [-0.2, -0.15) is 0 Å². The molecule has 0 saturated heterocycles. The number of phenols is 1. The summed E-state index contributed by atoms with van der Waals surface area (Å²) >= 11 is 0. The summed E-state index contributed by atoms with van der Waals surface area (Å²) in [5.41, 5.74) is 0.709. The molecule has 104 valence electrons. The van der Waals surface area contributed by atoms with Crippen LogP contribution in [0.15, 0.2) is 42.5 Å². The van der Waals surface area contributed by atoms with Gasteiger partial charge in [0.25, 0.3) is 0 Å². The third-order valence-electron chi connectivity index (χ3n) is 2.72. The maximum Gasteiger partial charge on any atom is 0.228 e. The number of hydrogen-bond acceptors (Lipinski definition) is 3. The van der Waals surface area contributed by atoms with Crippen molar-refractivity contribution >= 4 is 11.6 Å². The van der Waals surface area contributed by atoms with Gasteiger partial charge in [0.05, 0.1) is 19.2 Å². The molecule has 4 nitrogen and oxygen atoms in total. The Bertz CT molecular complexity index is 628. The molecule has 0 unspecified atom stereocenters. The number of aromatic hydroxyl groups is 1. The summed E-state index contributed by atoms with van der Waals surface area (Å²) in [7, 11) is 1.46. The topological polar surface area (TPSA) is 58.6 Å². The fourth-order valence-electron chi connectivity index (χ4n) is 1.77. The molecule has 0 spiro atoms. The molecular weight excluding hydrogens is 261 g/mol. The van der Waals surface area contributed by atoms with Crippen molar-refractivity contribution in [1.82, 2.24) is 0 Å². The number of methoxy groups -OCH3 is 1. The van der Waals surface area contributed by atoms with Crippen molar-refractivity contribution in [2.75, 3.05) is 12.4 Å². The number of anilines is 1. The van der Waals surface area contributed by atoms with Crippen LogP contribution in [0.1, 0.15) is 5.56 Å². The van der Waals surface area contributed by atoms with E-state index in [0.29, 0.717) is 11.3 Å². The van der Waals surface area contributed by atoms with Gasteiger partial charge in [-0.1, -0.05) is 12.1 Å². The second-order valence-corrected chi connectivity index (χ2v) is 4.24. The molecule has 0 atom stereocenters. The van der Waals surface area contributed by atoms with E-state index >= 15 is 0 Å². The van der Waals surface area contributed by atoms with Crippen molar-refractivity contribution in [3.8, 4) is 11.5 Å². The highest BCUT2D eigenvalue weighted by atomic mass is 19.1. The van der Waals surface area contributed by atoms with Crippen LogP contribution in [0.3, 0.4) is 0 Å². The Balaban J connectivity index is 2.08. The number of benzene rings is 2. The predicted molar refractivity (Wildman–Crippen MR) is 73.4 cm³/mol. The molecule has 0 aliphatic rings. The molecule has 2 aromatic rings. The van der Waals surface area contributed by atoms with E-state index in [1.54, 1.807) is 12.1 Å². The highest BCUT2D eigenvalue weighted by Crippen LogP contribution is 2.21. The SMILES string of the molecule is COc1ccc(F)c(NC(=O)Cc2cccc(O)c2)c1. The molecule has 2 N–H and O–H groups in total. The van der Waals surface area contributed by atoms with Crippen molar-refractivity contribution in [2.45, 2.75) is 6.42 Å². The number of ether oxygens (including phenoxy) is 1. The first-order chi connectivity index (χ1) is 9.58. The highest BCUT2D eigenvalue weighted by molar-refractivity contribution is 5.92. The largest absolute Gasteiger partial charge is 0.508 e. The van der Waals surface area contributed by atoms with E-state index < -0.39 is 5.82 Å². The average molecular weight is 275 g/mol. The Hall–Kier alpha value is -2.56. The normalized spacial score (nSPS) is 10.1. The Morgan fingerprint density at radius 3 is 2.80 bits per heavy atom. The van der Waals surface area contributed by atoms with Crippen molar-refractivity contribution in [1.29, 1.82) is 0 Å². The van der Waals surface area contributed by atoms with Crippen LogP contribution in [0.2, 0.25) is 0 Å². The standard InChI is InChI=1S/C15H14FNO3/c1-20-12-5-6-13(16)14(9-12)17-15(19)8-10-3-2-4-11(18)7-10/h2-7,9,18H,8H2,1H3,(H,17,19). The molecular formula is C15H14FNO3. The summed E-state index contributed by atoms with van der Waals surface area (Å²) in [6, 6.07) is 10.5. The van der Waals surface area contributed by atoms with Crippen molar-refractivity contribution in [2.24, 2.45) is 0 Å². The lowest BCUT2D eigenvalue weighted by Crippen LogP contribution is -2.15. The number of rotatable bonds is 4. The first-order valence-corrected chi connectivity index (χ1v) is 6.00. The van der Waals surface area contributed by atoms with Gasteiger partial charge < -0.3 is 15.2 Å². The van der Waals surface area contributed by atoms with Crippen molar-refractivity contribution < 1.29 is 19.0 Å². The minimum absolute atomic E-state index is 0.0467. The number of phenolic OH excluding ortho intramolecular Hbond substituents is 1. The zero-order chi connectivity index (χ0) is 14.5. The maximum absolute atomic E-state index is 13.6. The Morgan fingerprint density at radius 1 is 1.30 bits per heavy atom. The monoisotopic (exact) mass is 275 g/mol. The van der Waals surface area contributed by atoms with Crippen LogP contribution >= 0.6 is 0 Å². The lowest BCUT2D eigenvalue weighted by Gasteiger charge is -2.08. The molecule has 2 rings (SSSR count). The third-order valence-corrected chi connectivity index (χ3v) is 2.72. The van der Waals surface area contributed by atoms with Gasteiger partial charge in [-0.05, 0) is 29.8 Å². The molecule has 0 radical (unpaired) electrons. The fraction of sp³-hybridized carbons (Fsp3) is 0.133. The van der Waals surface area contributed by atoms with Gasteiger partial charge in [0.2, 0.25) is 5.91 Å².